The van der Waals surface area contributed by atoms with E-state index in [4.69, 9.17) is 10.9 Å². The minimum Gasteiger partial charge on any atom is -0.409 e. The number of aromatic nitrogens is 1. The summed E-state index contributed by atoms with van der Waals surface area (Å²) in [5.74, 6) is 0.128. The molecule has 0 saturated carbocycles. The van der Waals surface area contributed by atoms with E-state index >= 15 is 0 Å². The third-order valence-corrected chi connectivity index (χ3v) is 4.66. The van der Waals surface area contributed by atoms with Gasteiger partial charge in [0.15, 0.2) is 5.84 Å². The summed E-state index contributed by atoms with van der Waals surface area (Å²) in [5.41, 5.74) is 9.36. The van der Waals surface area contributed by atoms with E-state index in [0.29, 0.717) is 10.5 Å². The Morgan fingerprint density at radius 2 is 2.00 bits per heavy atom. The normalized spacial score (nSPS) is 24.0. The summed E-state index contributed by atoms with van der Waals surface area (Å²) in [6.07, 6.45) is 0. The quantitative estimate of drug-likeness (QED) is 0.378. The van der Waals surface area contributed by atoms with Gasteiger partial charge in [0.25, 0.3) is 0 Å². The van der Waals surface area contributed by atoms with Crippen LogP contribution in [0.15, 0.2) is 11.2 Å². The molecule has 1 aromatic rings. The minimum absolute atomic E-state index is 0.128. The summed E-state index contributed by atoms with van der Waals surface area (Å²) in [4.78, 5) is 6.75. The molecule has 1 aliphatic heterocycles. The number of amidine groups is 1. The first kappa shape index (κ1) is 15.0. The highest BCUT2D eigenvalue weighted by Gasteiger charge is 2.26. The molecule has 0 aromatic carbocycles. The molecule has 0 amide bonds. The second kappa shape index (κ2) is 5.91. The molecular weight excluding hydrogens is 272 g/mol. The lowest BCUT2D eigenvalue weighted by Crippen LogP contribution is -2.41. The molecule has 0 aliphatic carbocycles. The third kappa shape index (κ3) is 3.00. The second-order valence-electron chi connectivity index (χ2n) is 5.39. The molecule has 3 N–H and O–H groups in total. The van der Waals surface area contributed by atoms with Gasteiger partial charge in [-0.2, -0.15) is 11.8 Å². The fourth-order valence-corrected chi connectivity index (χ4v) is 4.12. The number of hydrogen-bond acceptors (Lipinski definition) is 5. The van der Waals surface area contributed by atoms with Gasteiger partial charge < -0.3 is 15.8 Å². The number of nitrogens with two attached hydrogens (primary N) is 1. The maximum Gasteiger partial charge on any atom is 0.174 e. The van der Waals surface area contributed by atoms with Gasteiger partial charge in [0.05, 0.1) is 16.9 Å². The Balaban J connectivity index is 2.49. The molecule has 2 rings (SSSR count). The number of thioether (sulfide) groups is 1. The van der Waals surface area contributed by atoms with E-state index in [1.807, 2.05) is 31.7 Å². The van der Waals surface area contributed by atoms with Crippen LogP contribution in [-0.2, 0) is 0 Å². The molecule has 0 bridgehead atoms. The van der Waals surface area contributed by atoms with E-state index in [9.17, 15) is 0 Å². The molecule has 1 aliphatic rings. The van der Waals surface area contributed by atoms with Crippen molar-refractivity contribution in [1.82, 2.24) is 4.98 Å². The van der Waals surface area contributed by atoms with E-state index in [-0.39, 0.29) is 5.84 Å². The van der Waals surface area contributed by atoms with Crippen molar-refractivity contribution in [2.45, 2.75) is 38.2 Å². The first-order valence-electron chi connectivity index (χ1n) is 6.79. The Morgan fingerprint density at radius 3 is 2.55 bits per heavy atom. The zero-order valence-corrected chi connectivity index (χ0v) is 13.2. The zero-order chi connectivity index (χ0) is 14.9. The van der Waals surface area contributed by atoms with E-state index < -0.39 is 0 Å². The molecule has 20 heavy (non-hydrogen) atoms. The Labute approximate surface area is 124 Å². The van der Waals surface area contributed by atoms with Crippen LogP contribution in [0.5, 0.6) is 0 Å². The average Bonchev–Trinajstić information content (AvgIpc) is 2.35. The van der Waals surface area contributed by atoms with Crippen LogP contribution in [-0.4, -0.2) is 39.6 Å². The van der Waals surface area contributed by atoms with Crippen LogP contribution < -0.4 is 10.6 Å². The number of aryl methyl sites for hydroxylation is 2. The van der Waals surface area contributed by atoms with E-state index in [2.05, 4.69) is 28.9 Å². The molecule has 0 spiro atoms. The van der Waals surface area contributed by atoms with Crippen LogP contribution in [0.1, 0.15) is 30.8 Å². The summed E-state index contributed by atoms with van der Waals surface area (Å²) < 4.78 is 0. The van der Waals surface area contributed by atoms with Crippen LogP contribution in [0.3, 0.4) is 0 Å². The molecule has 1 aromatic heterocycles. The first-order valence-corrected chi connectivity index (χ1v) is 7.73. The van der Waals surface area contributed by atoms with Gasteiger partial charge in [-0.1, -0.05) is 19.0 Å². The smallest absolute Gasteiger partial charge is 0.174 e. The highest BCUT2D eigenvalue weighted by molar-refractivity contribution is 8.00. The van der Waals surface area contributed by atoms with Crippen molar-refractivity contribution in [1.29, 1.82) is 0 Å². The van der Waals surface area contributed by atoms with Gasteiger partial charge in [-0.3, -0.25) is 4.98 Å². The first-order chi connectivity index (χ1) is 9.42. The van der Waals surface area contributed by atoms with Crippen molar-refractivity contribution in [2.24, 2.45) is 10.9 Å². The van der Waals surface area contributed by atoms with Gasteiger partial charge in [-0.25, -0.2) is 0 Å². The predicted molar refractivity (Wildman–Crippen MR) is 84.9 cm³/mol. The fourth-order valence-electron chi connectivity index (χ4n) is 2.80. The van der Waals surface area contributed by atoms with Crippen LogP contribution >= 0.6 is 11.8 Å². The van der Waals surface area contributed by atoms with Crippen LogP contribution in [0, 0.1) is 13.8 Å². The van der Waals surface area contributed by atoms with E-state index in [1.54, 1.807) is 0 Å². The molecule has 2 unspecified atom stereocenters. The summed E-state index contributed by atoms with van der Waals surface area (Å²) in [5, 5.41) is 13.3. The maximum atomic E-state index is 9.02. The Morgan fingerprint density at radius 1 is 1.40 bits per heavy atom. The average molecular weight is 294 g/mol. The van der Waals surface area contributed by atoms with Crippen molar-refractivity contribution < 1.29 is 5.21 Å². The molecule has 6 heteroatoms. The van der Waals surface area contributed by atoms with Gasteiger partial charge in [0.2, 0.25) is 0 Å². The van der Waals surface area contributed by atoms with Gasteiger partial charge in [-0.05, 0) is 19.9 Å². The lowest BCUT2D eigenvalue weighted by Gasteiger charge is -2.37. The van der Waals surface area contributed by atoms with Crippen LogP contribution in [0.4, 0.5) is 5.69 Å². The highest BCUT2D eigenvalue weighted by atomic mass is 32.2. The monoisotopic (exact) mass is 294 g/mol. The van der Waals surface area contributed by atoms with Crippen molar-refractivity contribution >= 4 is 23.3 Å². The topological polar surface area (TPSA) is 74.7 Å². The molecule has 1 fully saturated rings. The molecule has 5 nitrogen and oxygen atoms in total. The van der Waals surface area contributed by atoms with Crippen LogP contribution in [0.2, 0.25) is 0 Å². The van der Waals surface area contributed by atoms with Crippen molar-refractivity contribution in [3.05, 3.63) is 23.0 Å². The number of oxime groups is 1. The third-order valence-electron chi connectivity index (χ3n) is 3.43. The van der Waals surface area contributed by atoms with Gasteiger partial charge in [-0.15, -0.1) is 0 Å². The maximum absolute atomic E-state index is 9.02. The minimum atomic E-state index is 0.128. The largest absolute Gasteiger partial charge is 0.409 e. The Bertz CT molecular complexity index is 522. The Hall–Kier alpha value is -1.43. The van der Waals surface area contributed by atoms with Gasteiger partial charge in [0.1, 0.15) is 0 Å². The highest BCUT2D eigenvalue weighted by Crippen LogP contribution is 2.31. The SMILES string of the molecule is Cc1cc(N2CC(C)SC(C)C2)c(/C(N)=N/O)c(C)n1. The summed E-state index contributed by atoms with van der Waals surface area (Å²) in [6.45, 7) is 10.3. The lowest BCUT2D eigenvalue weighted by molar-refractivity contribution is 0.318. The molecular formula is C14H22N4OS. The molecule has 2 heterocycles. The number of nitrogens with zero attached hydrogens (tertiary/aromatic N) is 3. The van der Waals surface area contributed by atoms with Crippen molar-refractivity contribution in [3.8, 4) is 0 Å². The van der Waals surface area contributed by atoms with Gasteiger partial charge in [0, 0.05) is 29.3 Å². The zero-order valence-electron chi connectivity index (χ0n) is 12.4. The van der Waals surface area contributed by atoms with Gasteiger partial charge >= 0.3 is 0 Å². The number of hydrogen-bond donors (Lipinski definition) is 2. The molecule has 0 radical (unpaired) electrons. The second-order valence-corrected chi connectivity index (χ2v) is 7.27. The predicted octanol–water partition coefficient (Wildman–Crippen LogP) is 2.12. The van der Waals surface area contributed by atoms with Crippen molar-refractivity contribution in [3.63, 3.8) is 0 Å². The summed E-state index contributed by atoms with van der Waals surface area (Å²) >= 11 is 2.00. The molecule has 2 atom stereocenters. The molecule has 110 valence electrons. The lowest BCUT2D eigenvalue weighted by atomic mass is 10.1. The van der Waals surface area contributed by atoms with Crippen LogP contribution in [0.25, 0.3) is 0 Å². The molecule has 1 saturated heterocycles. The number of pyridine rings is 1. The summed E-state index contributed by atoms with van der Waals surface area (Å²) in [7, 11) is 0. The van der Waals surface area contributed by atoms with E-state index in [1.165, 1.54) is 0 Å². The van der Waals surface area contributed by atoms with Crippen molar-refractivity contribution in [2.75, 3.05) is 18.0 Å². The fraction of sp³-hybridized carbons (Fsp3) is 0.571. The summed E-state index contributed by atoms with van der Waals surface area (Å²) in [6, 6.07) is 2.02. The standard InChI is InChI=1S/C14H22N4OS/c1-8-5-12(13(11(4)16-8)14(15)17-19)18-6-9(2)20-10(3)7-18/h5,9-10,19H,6-7H2,1-4H3,(H2,15,17). The Kier molecular flexibility index (Phi) is 4.42. The van der Waals surface area contributed by atoms with E-state index in [0.717, 1.165) is 35.7 Å². The number of anilines is 1. The number of rotatable bonds is 2.